The molecule has 0 bridgehead atoms. The zero-order valence-corrected chi connectivity index (χ0v) is 14.5. The Morgan fingerprint density at radius 3 is 2.65 bits per heavy atom. The molecule has 0 unspecified atom stereocenters. The fraction of sp³-hybridized carbons (Fsp3) is 0.286. The van der Waals surface area contributed by atoms with E-state index in [0.29, 0.717) is 11.3 Å². The third kappa shape index (κ3) is 3.75. The molecule has 1 saturated carbocycles. The second-order valence-corrected chi connectivity index (χ2v) is 6.60. The van der Waals surface area contributed by atoms with Gasteiger partial charge < -0.3 is 5.32 Å². The molecule has 26 heavy (non-hydrogen) atoms. The van der Waals surface area contributed by atoms with Gasteiger partial charge in [0.2, 0.25) is 0 Å². The summed E-state index contributed by atoms with van der Waals surface area (Å²) in [5.41, 5.74) is 2.74. The third-order valence-corrected chi connectivity index (χ3v) is 4.61. The van der Waals surface area contributed by atoms with Crippen LogP contribution >= 0.6 is 0 Å². The van der Waals surface area contributed by atoms with Gasteiger partial charge in [0, 0.05) is 30.1 Å². The summed E-state index contributed by atoms with van der Waals surface area (Å²) in [6, 6.07) is 11.8. The van der Waals surface area contributed by atoms with Crippen molar-refractivity contribution < 1.29 is 4.79 Å². The smallest absolute Gasteiger partial charge is 0.272 e. The van der Waals surface area contributed by atoms with Crippen LogP contribution in [0, 0.1) is 11.8 Å². The third-order valence-electron chi connectivity index (χ3n) is 4.61. The van der Waals surface area contributed by atoms with E-state index in [4.69, 9.17) is 0 Å². The van der Waals surface area contributed by atoms with Crippen LogP contribution in [0.1, 0.15) is 53.7 Å². The van der Waals surface area contributed by atoms with Crippen LogP contribution in [-0.2, 0) is 0 Å². The second kappa shape index (κ2) is 7.40. The number of nitrogens with zero attached hydrogens (tertiary/aromatic N) is 3. The Kier molecular flexibility index (Phi) is 4.65. The molecule has 3 aromatic rings. The number of hydrogen-bond acceptors (Lipinski definition) is 3. The quantitative estimate of drug-likeness (QED) is 0.726. The molecule has 4 rings (SSSR count). The summed E-state index contributed by atoms with van der Waals surface area (Å²) in [4.78, 5) is 16.8. The predicted molar refractivity (Wildman–Crippen MR) is 99.7 cm³/mol. The number of nitrogens with one attached hydrogen (secondary N) is 1. The lowest BCUT2D eigenvalue weighted by atomic mass is 9.95. The van der Waals surface area contributed by atoms with E-state index in [9.17, 15) is 4.79 Å². The minimum absolute atomic E-state index is 0.126. The number of amides is 1. The maximum absolute atomic E-state index is 12.4. The number of carbonyl (C=O) groups is 1. The van der Waals surface area contributed by atoms with Crippen molar-refractivity contribution in [2.24, 2.45) is 0 Å². The summed E-state index contributed by atoms with van der Waals surface area (Å²) in [6.45, 7) is 0. The molecular formula is C21H20N4O. The fourth-order valence-electron chi connectivity index (χ4n) is 3.22. The van der Waals surface area contributed by atoms with Crippen molar-refractivity contribution >= 4 is 11.6 Å². The topological polar surface area (TPSA) is 59.3 Å². The molecule has 1 aliphatic rings. The van der Waals surface area contributed by atoms with Gasteiger partial charge in [0.1, 0.15) is 0 Å². The van der Waals surface area contributed by atoms with Crippen molar-refractivity contribution in [3.63, 3.8) is 0 Å². The van der Waals surface area contributed by atoms with Gasteiger partial charge in [0.25, 0.3) is 5.91 Å². The SMILES string of the molecule is O=C(NC1CCCCC1)c1cc2ncc(C#Cc3ccccc3)cn2n1. The number of benzene rings is 1. The predicted octanol–water partition coefficient (Wildman–Crippen LogP) is 3.19. The average Bonchev–Trinajstić information content (AvgIpc) is 3.11. The molecule has 0 saturated heterocycles. The Labute approximate surface area is 152 Å². The van der Waals surface area contributed by atoms with Gasteiger partial charge in [0.15, 0.2) is 11.3 Å². The molecule has 0 aliphatic heterocycles. The maximum Gasteiger partial charge on any atom is 0.272 e. The lowest BCUT2D eigenvalue weighted by Gasteiger charge is -2.22. The van der Waals surface area contributed by atoms with Crippen LogP contribution in [0.5, 0.6) is 0 Å². The molecular weight excluding hydrogens is 324 g/mol. The number of rotatable bonds is 2. The van der Waals surface area contributed by atoms with Gasteiger partial charge in [-0.15, -0.1) is 0 Å². The zero-order valence-electron chi connectivity index (χ0n) is 14.5. The van der Waals surface area contributed by atoms with Crippen LogP contribution < -0.4 is 5.32 Å². The molecule has 1 amide bonds. The Bertz CT molecular complexity index is 975. The van der Waals surface area contributed by atoms with Gasteiger partial charge in [-0.25, -0.2) is 9.50 Å². The Morgan fingerprint density at radius 2 is 1.85 bits per heavy atom. The minimum atomic E-state index is -0.126. The summed E-state index contributed by atoms with van der Waals surface area (Å²) in [5.74, 6) is 6.06. The number of carbonyl (C=O) groups excluding carboxylic acids is 1. The van der Waals surface area contributed by atoms with Crippen molar-refractivity contribution in [2.45, 2.75) is 38.1 Å². The van der Waals surface area contributed by atoms with Crippen LogP contribution in [0.3, 0.4) is 0 Å². The summed E-state index contributed by atoms with van der Waals surface area (Å²) >= 11 is 0. The molecule has 1 N–H and O–H groups in total. The number of fused-ring (bicyclic) bond motifs is 1. The van der Waals surface area contributed by atoms with E-state index in [0.717, 1.165) is 24.0 Å². The molecule has 1 fully saturated rings. The summed E-state index contributed by atoms with van der Waals surface area (Å²) in [7, 11) is 0. The van der Waals surface area contributed by atoms with Gasteiger partial charge in [-0.1, -0.05) is 49.3 Å². The van der Waals surface area contributed by atoms with Crippen molar-refractivity contribution in [3.05, 3.63) is 65.6 Å². The van der Waals surface area contributed by atoms with Gasteiger partial charge in [-0.05, 0) is 25.0 Å². The molecule has 5 heteroatoms. The van der Waals surface area contributed by atoms with Crippen LogP contribution in [0.4, 0.5) is 0 Å². The standard InChI is InChI=1S/C21H20N4O/c26-21(23-18-9-5-2-6-10-18)19-13-20-22-14-17(15-25(20)24-19)12-11-16-7-3-1-4-8-16/h1,3-4,7-8,13-15,18H,2,5-6,9-10H2,(H,23,26). The zero-order chi connectivity index (χ0) is 17.8. The molecule has 130 valence electrons. The van der Waals surface area contributed by atoms with E-state index < -0.39 is 0 Å². The van der Waals surface area contributed by atoms with E-state index in [-0.39, 0.29) is 11.9 Å². The van der Waals surface area contributed by atoms with Gasteiger partial charge >= 0.3 is 0 Å². The summed E-state index contributed by atoms with van der Waals surface area (Å²) in [5, 5.41) is 7.45. The molecule has 0 radical (unpaired) electrons. The van der Waals surface area contributed by atoms with Crippen molar-refractivity contribution in [2.75, 3.05) is 0 Å². The van der Waals surface area contributed by atoms with Crippen LogP contribution in [-0.4, -0.2) is 26.5 Å². The van der Waals surface area contributed by atoms with Crippen molar-refractivity contribution in [1.29, 1.82) is 0 Å². The van der Waals surface area contributed by atoms with Crippen LogP contribution in [0.15, 0.2) is 48.8 Å². The second-order valence-electron chi connectivity index (χ2n) is 6.60. The highest BCUT2D eigenvalue weighted by molar-refractivity contribution is 5.93. The highest BCUT2D eigenvalue weighted by atomic mass is 16.2. The lowest BCUT2D eigenvalue weighted by molar-refractivity contribution is 0.0922. The molecule has 0 spiro atoms. The minimum Gasteiger partial charge on any atom is -0.348 e. The van der Waals surface area contributed by atoms with Crippen LogP contribution in [0.25, 0.3) is 5.65 Å². The van der Waals surface area contributed by atoms with E-state index in [1.807, 2.05) is 30.3 Å². The fourth-order valence-corrected chi connectivity index (χ4v) is 3.22. The summed E-state index contributed by atoms with van der Waals surface area (Å²) < 4.78 is 1.62. The van der Waals surface area contributed by atoms with Gasteiger partial charge in [-0.3, -0.25) is 4.79 Å². The number of hydrogen-bond donors (Lipinski definition) is 1. The van der Waals surface area contributed by atoms with Crippen molar-refractivity contribution in [3.8, 4) is 11.8 Å². The Balaban J connectivity index is 1.52. The normalized spacial score (nSPS) is 14.6. The molecule has 5 nitrogen and oxygen atoms in total. The molecule has 2 heterocycles. The average molecular weight is 344 g/mol. The first-order valence-electron chi connectivity index (χ1n) is 9.01. The summed E-state index contributed by atoms with van der Waals surface area (Å²) in [6.07, 6.45) is 9.23. The monoisotopic (exact) mass is 344 g/mol. The van der Waals surface area contributed by atoms with Gasteiger partial charge in [0.05, 0.1) is 5.56 Å². The highest BCUT2D eigenvalue weighted by Crippen LogP contribution is 2.18. The molecule has 0 atom stereocenters. The first-order valence-corrected chi connectivity index (χ1v) is 9.01. The lowest BCUT2D eigenvalue weighted by Crippen LogP contribution is -2.36. The van der Waals surface area contributed by atoms with Crippen molar-refractivity contribution in [1.82, 2.24) is 19.9 Å². The molecule has 2 aromatic heterocycles. The Morgan fingerprint density at radius 1 is 1.08 bits per heavy atom. The molecule has 1 aliphatic carbocycles. The van der Waals surface area contributed by atoms with E-state index in [1.54, 1.807) is 23.0 Å². The van der Waals surface area contributed by atoms with Crippen LogP contribution in [0.2, 0.25) is 0 Å². The van der Waals surface area contributed by atoms with E-state index >= 15 is 0 Å². The highest BCUT2D eigenvalue weighted by Gasteiger charge is 2.18. The first kappa shape index (κ1) is 16.3. The first-order chi connectivity index (χ1) is 12.8. The maximum atomic E-state index is 12.4. The number of aromatic nitrogens is 3. The van der Waals surface area contributed by atoms with E-state index in [2.05, 4.69) is 27.2 Å². The van der Waals surface area contributed by atoms with E-state index in [1.165, 1.54) is 19.3 Å². The van der Waals surface area contributed by atoms with Gasteiger partial charge in [-0.2, -0.15) is 5.10 Å². The largest absolute Gasteiger partial charge is 0.348 e. The Hall–Kier alpha value is -3.13. The molecule has 1 aromatic carbocycles.